The second-order valence-corrected chi connectivity index (χ2v) is 3.93. The van der Waals surface area contributed by atoms with Crippen LogP contribution in [0, 0.1) is 11.3 Å². The average molecular weight is 172 g/mol. The van der Waals surface area contributed by atoms with Crippen LogP contribution < -0.4 is 0 Å². The number of hydrogen-bond acceptors (Lipinski definition) is 3. The lowest BCUT2D eigenvalue weighted by molar-refractivity contribution is -0.152. The topological polar surface area (TPSA) is 35.5 Å². The highest BCUT2D eigenvalue weighted by molar-refractivity contribution is 5.71. The smallest absolute Gasteiger partial charge is 0.308 e. The molecule has 0 aromatic rings. The summed E-state index contributed by atoms with van der Waals surface area (Å²) in [6, 6.07) is 0. The zero-order chi connectivity index (χ0) is 9.19. The van der Waals surface area contributed by atoms with E-state index in [1.165, 1.54) is 7.11 Å². The van der Waals surface area contributed by atoms with Gasteiger partial charge in [-0.15, -0.1) is 0 Å². The third kappa shape index (κ3) is 1.97. The largest absolute Gasteiger partial charge is 0.469 e. The summed E-state index contributed by atoms with van der Waals surface area (Å²) >= 11 is 0. The van der Waals surface area contributed by atoms with Crippen molar-refractivity contribution in [2.75, 3.05) is 20.3 Å². The van der Waals surface area contributed by atoms with E-state index in [9.17, 15) is 4.79 Å². The summed E-state index contributed by atoms with van der Waals surface area (Å²) in [7, 11) is 1.43. The van der Waals surface area contributed by atoms with E-state index in [0.29, 0.717) is 0 Å². The van der Waals surface area contributed by atoms with Crippen LogP contribution in [0.3, 0.4) is 0 Å². The van der Waals surface area contributed by atoms with Gasteiger partial charge in [0.05, 0.1) is 26.2 Å². The Bertz CT molecular complexity index is 173. The van der Waals surface area contributed by atoms with Gasteiger partial charge >= 0.3 is 5.97 Å². The lowest BCUT2D eigenvalue weighted by Gasteiger charge is -2.39. The van der Waals surface area contributed by atoms with Crippen LogP contribution in [0.2, 0.25) is 0 Å². The molecule has 1 heterocycles. The van der Waals surface area contributed by atoms with E-state index >= 15 is 0 Å². The highest BCUT2D eigenvalue weighted by Crippen LogP contribution is 2.33. The van der Waals surface area contributed by atoms with Gasteiger partial charge in [0.2, 0.25) is 0 Å². The first-order chi connectivity index (χ1) is 5.57. The molecule has 0 aromatic heterocycles. The lowest BCUT2D eigenvalue weighted by atomic mass is 9.80. The Hall–Kier alpha value is -0.570. The number of hydrogen-bond donors (Lipinski definition) is 0. The number of carbonyl (C=O) groups is 1. The van der Waals surface area contributed by atoms with Crippen LogP contribution >= 0.6 is 0 Å². The van der Waals surface area contributed by atoms with Gasteiger partial charge in [-0.1, -0.05) is 13.8 Å². The first kappa shape index (κ1) is 9.52. The number of ether oxygens (including phenoxy) is 2. The molecule has 0 radical (unpaired) electrons. The first-order valence-corrected chi connectivity index (χ1v) is 4.23. The third-order valence-electron chi connectivity index (χ3n) is 2.30. The quantitative estimate of drug-likeness (QED) is 0.600. The maximum Gasteiger partial charge on any atom is 0.308 e. The van der Waals surface area contributed by atoms with Crippen molar-refractivity contribution in [3.05, 3.63) is 0 Å². The van der Waals surface area contributed by atoms with E-state index in [-0.39, 0.29) is 17.3 Å². The summed E-state index contributed by atoms with van der Waals surface area (Å²) in [4.78, 5) is 11.1. The molecule has 0 aliphatic carbocycles. The molecule has 0 amide bonds. The van der Waals surface area contributed by atoms with E-state index < -0.39 is 0 Å². The van der Waals surface area contributed by atoms with Crippen molar-refractivity contribution < 1.29 is 14.3 Å². The second-order valence-electron chi connectivity index (χ2n) is 3.93. The number of methoxy groups -OCH3 is 1. The number of carbonyl (C=O) groups excluding carboxylic acids is 1. The third-order valence-corrected chi connectivity index (χ3v) is 2.30. The normalized spacial score (nSPS) is 22.6. The zero-order valence-corrected chi connectivity index (χ0v) is 7.92. The Labute approximate surface area is 73.0 Å². The minimum absolute atomic E-state index is 0.0103. The monoisotopic (exact) mass is 172 g/mol. The van der Waals surface area contributed by atoms with Crippen molar-refractivity contribution in [2.45, 2.75) is 20.3 Å². The van der Waals surface area contributed by atoms with Gasteiger partial charge in [-0.2, -0.15) is 0 Å². The molecular formula is C9H16O3. The highest BCUT2D eigenvalue weighted by Gasteiger charge is 2.36. The summed E-state index contributed by atoms with van der Waals surface area (Å²) in [5, 5.41) is 0. The molecule has 0 N–H and O–H groups in total. The van der Waals surface area contributed by atoms with Gasteiger partial charge in [0, 0.05) is 5.41 Å². The molecule has 1 aliphatic rings. The Morgan fingerprint density at radius 2 is 2.25 bits per heavy atom. The number of rotatable bonds is 3. The van der Waals surface area contributed by atoms with Gasteiger partial charge in [0.25, 0.3) is 0 Å². The second kappa shape index (κ2) is 3.44. The molecule has 3 nitrogen and oxygen atoms in total. The highest BCUT2D eigenvalue weighted by atomic mass is 16.5. The van der Waals surface area contributed by atoms with E-state index in [2.05, 4.69) is 11.7 Å². The molecule has 1 atom stereocenters. The number of esters is 1. The molecule has 1 aliphatic heterocycles. The van der Waals surface area contributed by atoms with Gasteiger partial charge in [0.15, 0.2) is 0 Å². The van der Waals surface area contributed by atoms with Crippen LogP contribution in [-0.2, 0) is 14.3 Å². The molecule has 0 spiro atoms. The van der Waals surface area contributed by atoms with Crippen LogP contribution in [0.5, 0.6) is 0 Å². The molecular weight excluding hydrogens is 156 g/mol. The zero-order valence-electron chi connectivity index (χ0n) is 7.92. The Morgan fingerprint density at radius 3 is 2.58 bits per heavy atom. The van der Waals surface area contributed by atoms with Crippen molar-refractivity contribution >= 4 is 5.97 Å². The fraction of sp³-hybridized carbons (Fsp3) is 0.889. The van der Waals surface area contributed by atoms with Crippen molar-refractivity contribution in [1.82, 2.24) is 0 Å². The summed E-state index contributed by atoms with van der Waals surface area (Å²) in [5.74, 6) is -0.132. The van der Waals surface area contributed by atoms with Gasteiger partial charge in [0.1, 0.15) is 0 Å². The van der Waals surface area contributed by atoms with Gasteiger partial charge in [-0.25, -0.2) is 0 Å². The van der Waals surface area contributed by atoms with E-state index in [1.807, 2.05) is 6.92 Å². The van der Waals surface area contributed by atoms with E-state index in [4.69, 9.17) is 4.74 Å². The van der Waals surface area contributed by atoms with Crippen molar-refractivity contribution in [1.29, 1.82) is 0 Å². The molecule has 12 heavy (non-hydrogen) atoms. The predicted molar refractivity (Wildman–Crippen MR) is 44.7 cm³/mol. The minimum Gasteiger partial charge on any atom is -0.469 e. The van der Waals surface area contributed by atoms with Crippen molar-refractivity contribution in [3.8, 4) is 0 Å². The van der Waals surface area contributed by atoms with Crippen molar-refractivity contribution in [3.63, 3.8) is 0 Å². The molecule has 0 bridgehead atoms. The Balaban J connectivity index is 2.34. The fourth-order valence-electron chi connectivity index (χ4n) is 1.59. The first-order valence-electron chi connectivity index (χ1n) is 4.23. The molecule has 1 saturated heterocycles. The average Bonchev–Trinajstić information content (AvgIpc) is 2.00. The molecule has 1 rings (SSSR count). The summed E-state index contributed by atoms with van der Waals surface area (Å²) < 4.78 is 9.75. The van der Waals surface area contributed by atoms with Crippen LogP contribution in [0.1, 0.15) is 20.3 Å². The standard InChI is InChI=1S/C9H16O3/c1-7(8(10)11-3)4-9(2)5-12-6-9/h7H,4-6H2,1-3H3. The van der Waals surface area contributed by atoms with Gasteiger partial charge in [-0.3, -0.25) is 4.79 Å². The molecule has 70 valence electrons. The molecule has 0 aromatic carbocycles. The van der Waals surface area contributed by atoms with Crippen LogP contribution in [0.4, 0.5) is 0 Å². The SMILES string of the molecule is COC(=O)C(C)CC1(C)COC1. The van der Waals surface area contributed by atoms with Gasteiger partial charge in [-0.05, 0) is 6.42 Å². The Kier molecular flexibility index (Phi) is 2.73. The molecule has 3 heteroatoms. The van der Waals surface area contributed by atoms with E-state index in [0.717, 1.165) is 19.6 Å². The maximum atomic E-state index is 11.1. The molecule has 1 unspecified atom stereocenters. The molecule has 0 saturated carbocycles. The summed E-state index contributed by atoms with van der Waals surface area (Å²) in [6.07, 6.45) is 0.861. The summed E-state index contributed by atoms with van der Waals surface area (Å²) in [5.41, 5.74) is 0.202. The maximum absolute atomic E-state index is 11.1. The minimum atomic E-state index is -0.122. The van der Waals surface area contributed by atoms with Crippen LogP contribution in [-0.4, -0.2) is 26.3 Å². The van der Waals surface area contributed by atoms with E-state index in [1.54, 1.807) is 0 Å². The fourth-order valence-corrected chi connectivity index (χ4v) is 1.59. The predicted octanol–water partition coefficient (Wildman–Crippen LogP) is 1.22. The summed E-state index contributed by atoms with van der Waals surface area (Å²) in [6.45, 7) is 5.58. The van der Waals surface area contributed by atoms with Crippen LogP contribution in [0.25, 0.3) is 0 Å². The van der Waals surface area contributed by atoms with Crippen LogP contribution in [0.15, 0.2) is 0 Å². The lowest BCUT2D eigenvalue weighted by Crippen LogP contribution is -2.42. The van der Waals surface area contributed by atoms with Crippen molar-refractivity contribution in [2.24, 2.45) is 11.3 Å². The van der Waals surface area contributed by atoms with Gasteiger partial charge < -0.3 is 9.47 Å². The molecule has 1 fully saturated rings. The Morgan fingerprint density at radius 1 is 1.67 bits per heavy atom.